The number of pyridine rings is 1. The van der Waals surface area contributed by atoms with Crippen molar-refractivity contribution < 1.29 is 9.21 Å². The molecule has 3 aromatic rings. The van der Waals surface area contributed by atoms with Crippen molar-refractivity contribution in [1.82, 2.24) is 25.0 Å². The van der Waals surface area contributed by atoms with Gasteiger partial charge in [0, 0.05) is 19.0 Å². The van der Waals surface area contributed by atoms with Crippen molar-refractivity contribution in [2.75, 3.05) is 26.0 Å². The van der Waals surface area contributed by atoms with Gasteiger partial charge in [-0.05, 0) is 39.2 Å². The maximum absolute atomic E-state index is 12.2. The predicted octanol–water partition coefficient (Wildman–Crippen LogP) is 2.29. The van der Waals surface area contributed by atoms with Gasteiger partial charge in [0.05, 0.1) is 29.9 Å². The van der Waals surface area contributed by atoms with Crippen LogP contribution in [-0.2, 0) is 7.05 Å². The van der Waals surface area contributed by atoms with Crippen molar-refractivity contribution in [2.45, 2.75) is 13.0 Å². The van der Waals surface area contributed by atoms with Crippen LogP contribution in [0.1, 0.15) is 17.5 Å². The summed E-state index contributed by atoms with van der Waals surface area (Å²) in [6, 6.07) is 5.28. The lowest BCUT2D eigenvalue weighted by atomic mass is 10.2. The molecule has 0 saturated heterocycles. The molecular formula is C17H22N6O2. The fourth-order valence-electron chi connectivity index (χ4n) is 2.76. The third-order valence-electron chi connectivity index (χ3n) is 4.07. The molecule has 0 spiro atoms. The normalized spacial score (nSPS) is 12.5. The van der Waals surface area contributed by atoms with E-state index in [1.165, 1.54) is 0 Å². The largest absolute Gasteiger partial charge is 0.468 e. The van der Waals surface area contributed by atoms with Crippen LogP contribution >= 0.6 is 0 Å². The Morgan fingerprint density at radius 2 is 2.24 bits per heavy atom. The van der Waals surface area contributed by atoms with E-state index < -0.39 is 0 Å². The van der Waals surface area contributed by atoms with Crippen LogP contribution in [0, 0.1) is 6.92 Å². The lowest BCUT2D eigenvalue weighted by molar-refractivity contribution is 0.233. The van der Waals surface area contributed by atoms with Gasteiger partial charge in [0.15, 0.2) is 5.65 Å². The van der Waals surface area contributed by atoms with E-state index in [9.17, 15) is 4.79 Å². The second-order valence-electron chi connectivity index (χ2n) is 6.13. The van der Waals surface area contributed by atoms with Crippen LogP contribution < -0.4 is 10.6 Å². The zero-order valence-corrected chi connectivity index (χ0v) is 14.8. The maximum Gasteiger partial charge on any atom is 0.319 e. The molecule has 0 saturated carbocycles. The third-order valence-corrected chi connectivity index (χ3v) is 4.07. The fraction of sp³-hybridized carbons (Fsp3) is 0.353. The zero-order chi connectivity index (χ0) is 18.0. The van der Waals surface area contributed by atoms with Crippen molar-refractivity contribution in [1.29, 1.82) is 0 Å². The highest BCUT2D eigenvalue weighted by Gasteiger charge is 2.18. The molecule has 0 aliphatic rings. The lowest BCUT2D eigenvalue weighted by Crippen LogP contribution is -2.36. The van der Waals surface area contributed by atoms with Crippen LogP contribution in [0.2, 0.25) is 0 Å². The number of urea groups is 1. The molecule has 0 aliphatic carbocycles. The lowest BCUT2D eigenvalue weighted by Gasteiger charge is -2.22. The van der Waals surface area contributed by atoms with Crippen LogP contribution in [-0.4, -0.2) is 46.3 Å². The Balaban J connectivity index is 1.65. The molecule has 0 radical (unpaired) electrons. The summed E-state index contributed by atoms with van der Waals surface area (Å²) in [7, 11) is 5.73. The molecule has 132 valence electrons. The fourth-order valence-corrected chi connectivity index (χ4v) is 2.76. The molecule has 2 N–H and O–H groups in total. The van der Waals surface area contributed by atoms with E-state index in [1.54, 1.807) is 17.1 Å². The number of anilines is 1. The Kier molecular flexibility index (Phi) is 4.71. The number of furan rings is 1. The molecule has 0 aromatic carbocycles. The highest BCUT2D eigenvalue weighted by molar-refractivity contribution is 5.92. The predicted molar refractivity (Wildman–Crippen MR) is 95.4 cm³/mol. The number of carbonyl (C=O) groups is 1. The van der Waals surface area contributed by atoms with E-state index in [0.29, 0.717) is 12.2 Å². The summed E-state index contributed by atoms with van der Waals surface area (Å²) in [6.07, 6.45) is 3.25. The van der Waals surface area contributed by atoms with E-state index in [2.05, 4.69) is 20.7 Å². The number of aryl methyl sites for hydroxylation is 2. The van der Waals surface area contributed by atoms with Crippen molar-refractivity contribution >= 4 is 22.8 Å². The summed E-state index contributed by atoms with van der Waals surface area (Å²) >= 11 is 0. The minimum Gasteiger partial charge on any atom is -0.468 e. The van der Waals surface area contributed by atoms with Gasteiger partial charge in [-0.15, -0.1) is 0 Å². The Bertz CT molecular complexity index is 869. The smallest absolute Gasteiger partial charge is 0.319 e. The second kappa shape index (κ2) is 6.94. The van der Waals surface area contributed by atoms with Gasteiger partial charge in [0.2, 0.25) is 0 Å². The average Bonchev–Trinajstić information content (AvgIpc) is 3.17. The number of fused-ring (bicyclic) bond motifs is 1. The molecule has 3 rings (SSSR count). The first kappa shape index (κ1) is 17.0. The van der Waals surface area contributed by atoms with E-state index in [0.717, 1.165) is 22.5 Å². The summed E-state index contributed by atoms with van der Waals surface area (Å²) in [5.41, 5.74) is 2.29. The monoisotopic (exact) mass is 342 g/mol. The number of amides is 2. The first-order valence-corrected chi connectivity index (χ1v) is 7.99. The number of hydrogen-bond acceptors (Lipinski definition) is 5. The molecule has 3 aromatic heterocycles. The third kappa shape index (κ3) is 3.63. The van der Waals surface area contributed by atoms with Crippen molar-refractivity contribution in [3.05, 3.63) is 42.1 Å². The molecule has 8 heteroatoms. The maximum atomic E-state index is 12.2. The van der Waals surface area contributed by atoms with Crippen LogP contribution in [0.4, 0.5) is 10.5 Å². The second-order valence-corrected chi connectivity index (χ2v) is 6.13. The van der Waals surface area contributed by atoms with E-state index >= 15 is 0 Å². The quantitative estimate of drug-likeness (QED) is 0.743. The number of nitrogens with one attached hydrogen (secondary N) is 2. The summed E-state index contributed by atoms with van der Waals surface area (Å²) in [5.74, 6) is 0.805. The molecule has 0 aliphatic heterocycles. The van der Waals surface area contributed by atoms with Crippen LogP contribution in [0.5, 0.6) is 0 Å². The van der Waals surface area contributed by atoms with E-state index in [-0.39, 0.29) is 12.1 Å². The number of carbonyl (C=O) groups excluding carboxylic acids is 1. The van der Waals surface area contributed by atoms with Crippen molar-refractivity contribution in [2.24, 2.45) is 7.05 Å². The van der Waals surface area contributed by atoms with Crippen LogP contribution in [0.25, 0.3) is 11.0 Å². The standard InChI is InChI=1S/C17H22N6O2/c1-11-13-8-12(9-18-16(13)23(4)21-11)20-17(24)19-10-14(22(2)3)15-6-5-7-25-15/h5-9,14H,10H2,1-4H3,(H2,19,20,24). The molecule has 0 fully saturated rings. The Morgan fingerprint density at radius 3 is 2.92 bits per heavy atom. The summed E-state index contributed by atoms with van der Waals surface area (Å²) in [4.78, 5) is 18.6. The minimum atomic E-state index is -0.291. The summed E-state index contributed by atoms with van der Waals surface area (Å²) < 4.78 is 7.16. The minimum absolute atomic E-state index is 0.0399. The molecular weight excluding hydrogens is 320 g/mol. The number of hydrogen-bond donors (Lipinski definition) is 2. The Hall–Kier alpha value is -2.87. The van der Waals surface area contributed by atoms with Gasteiger partial charge in [0.25, 0.3) is 0 Å². The summed E-state index contributed by atoms with van der Waals surface area (Å²) in [6.45, 7) is 2.34. The zero-order valence-electron chi connectivity index (χ0n) is 14.8. The van der Waals surface area contributed by atoms with Crippen molar-refractivity contribution in [3.8, 4) is 0 Å². The topological polar surface area (TPSA) is 88.2 Å². The van der Waals surface area contributed by atoms with Gasteiger partial charge < -0.3 is 15.1 Å². The average molecular weight is 342 g/mol. The van der Waals surface area contributed by atoms with Gasteiger partial charge in [-0.25, -0.2) is 9.78 Å². The number of rotatable bonds is 5. The Morgan fingerprint density at radius 1 is 1.44 bits per heavy atom. The van der Waals surface area contributed by atoms with Gasteiger partial charge in [0.1, 0.15) is 5.76 Å². The first-order valence-electron chi connectivity index (χ1n) is 7.99. The molecule has 8 nitrogen and oxygen atoms in total. The molecule has 1 unspecified atom stereocenters. The van der Waals surface area contributed by atoms with E-state index in [1.807, 2.05) is 51.2 Å². The molecule has 2 amide bonds. The van der Waals surface area contributed by atoms with Gasteiger partial charge >= 0.3 is 6.03 Å². The first-order chi connectivity index (χ1) is 12.0. The van der Waals surface area contributed by atoms with Crippen LogP contribution in [0.15, 0.2) is 35.1 Å². The molecule has 1 atom stereocenters. The number of likely N-dealkylation sites (N-methyl/N-ethyl adjacent to an activating group) is 1. The molecule has 25 heavy (non-hydrogen) atoms. The van der Waals surface area contributed by atoms with Gasteiger partial charge in [-0.2, -0.15) is 5.10 Å². The SMILES string of the molecule is Cc1nn(C)c2ncc(NC(=O)NCC(c3ccco3)N(C)C)cc12. The van der Waals surface area contributed by atoms with E-state index in [4.69, 9.17) is 4.42 Å². The van der Waals surface area contributed by atoms with Gasteiger partial charge in [-0.1, -0.05) is 0 Å². The highest BCUT2D eigenvalue weighted by Crippen LogP contribution is 2.20. The number of aromatic nitrogens is 3. The molecule has 3 heterocycles. The van der Waals surface area contributed by atoms with Gasteiger partial charge in [-0.3, -0.25) is 9.58 Å². The molecule has 0 bridgehead atoms. The highest BCUT2D eigenvalue weighted by atomic mass is 16.3. The van der Waals surface area contributed by atoms with Crippen molar-refractivity contribution in [3.63, 3.8) is 0 Å². The summed E-state index contributed by atoms with van der Waals surface area (Å²) in [5, 5.41) is 10.9. The number of nitrogens with zero attached hydrogens (tertiary/aromatic N) is 4. The van der Waals surface area contributed by atoms with Crippen LogP contribution in [0.3, 0.4) is 0 Å². The Labute approximate surface area is 145 Å².